The molecule has 4 rings (SSSR count). The van der Waals surface area contributed by atoms with Gasteiger partial charge in [0.15, 0.2) is 0 Å². The zero-order valence-electron chi connectivity index (χ0n) is 17.7. The Hall–Kier alpha value is -1.90. The Bertz CT molecular complexity index is 1300. The van der Waals surface area contributed by atoms with Crippen LogP contribution in [0.15, 0.2) is 76.1 Å². The van der Waals surface area contributed by atoms with Crippen molar-refractivity contribution in [1.29, 1.82) is 0 Å². The van der Waals surface area contributed by atoms with Crippen molar-refractivity contribution in [2.45, 2.75) is 30.8 Å². The fourth-order valence-electron chi connectivity index (χ4n) is 4.03. The largest absolute Gasteiger partial charge is 0.308 e. The SMILES string of the molecule is C[C@H]1Cc2cc(Br)ccc2N1C(=O)CN(Cc1ccccc1)S(=O)(=O)c1cc(Cl)ccc1Cl. The summed E-state index contributed by atoms with van der Waals surface area (Å²) >= 11 is 15.8. The standard InChI is InChI=1S/C24H21BrCl2N2O3S/c1-16-11-18-12-19(25)7-10-22(18)29(16)24(30)15-28(14-17-5-3-2-4-6-17)33(31,32)23-13-20(26)8-9-21(23)27/h2-10,12-13,16H,11,14-15H2,1H3/t16-/m0/s1. The molecule has 5 nitrogen and oxygen atoms in total. The first kappa shape index (κ1) is 24.2. The van der Waals surface area contributed by atoms with E-state index in [1.54, 1.807) is 4.90 Å². The van der Waals surface area contributed by atoms with Crippen molar-refractivity contribution in [1.82, 2.24) is 4.31 Å². The van der Waals surface area contributed by atoms with E-state index in [9.17, 15) is 13.2 Å². The van der Waals surface area contributed by atoms with Gasteiger partial charge in [0.1, 0.15) is 4.90 Å². The molecule has 1 atom stereocenters. The number of rotatable bonds is 6. The number of benzene rings is 3. The Kier molecular flexibility index (Phi) is 7.17. The average Bonchev–Trinajstić information content (AvgIpc) is 3.10. The first-order valence-corrected chi connectivity index (χ1v) is 13.3. The van der Waals surface area contributed by atoms with Crippen LogP contribution in [0.4, 0.5) is 5.69 Å². The molecule has 3 aromatic carbocycles. The maximum atomic E-state index is 13.6. The predicted molar refractivity (Wildman–Crippen MR) is 135 cm³/mol. The van der Waals surface area contributed by atoms with Crippen molar-refractivity contribution in [2.75, 3.05) is 11.4 Å². The van der Waals surface area contributed by atoms with E-state index in [0.717, 1.165) is 25.6 Å². The second kappa shape index (κ2) is 9.76. The van der Waals surface area contributed by atoms with E-state index in [-0.39, 0.29) is 40.0 Å². The summed E-state index contributed by atoms with van der Waals surface area (Å²) in [7, 11) is -4.12. The summed E-state index contributed by atoms with van der Waals surface area (Å²) in [6, 6.07) is 19.1. The Morgan fingerprint density at radius 3 is 2.55 bits per heavy atom. The van der Waals surface area contributed by atoms with Crippen LogP contribution in [-0.2, 0) is 27.8 Å². The van der Waals surface area contributed by atoms with Gasteiger partial charge in [-0.3, -0.25) is 4.79 Å². The summed E-state index contributed by atoms with van der Waals surface area (Å²) in [4.78, 5) is 15.0. The van der Waals surface area contributed by atoms with Gasteiger partial charge in [0, 0.05) is 27.8 Å². The van der Waals surface area contributed by atoms with Gasteiger partial charge in [-0.05, 0) is 60.9 Å². The molecule has 0 saturated heterocycles. The van der Waals surface area contributed by atoms with Crippen LogP contribution < -0.4 is 4.90 Å². The molecule has 0 saturated carbocycles. The minimum atomic E-state index is -4.12. The van der Waals surface area contributed by atoms with Gasteiger partial charge >= 0.3 is 0 Å². The number of amides is 1. The lowest BCUT2D eigenvalue weighted by Gasteiger charge is -2.28. The van der Waals surface area contributed by atoms with Gasteiger partial charge in [0.05, 0.1) is 11.6 Å². The number of hydrogen-bond donors (Lipinski definition) is 0. The van der Waals surface area contributed by atoms with Crippen molar-refractivity contribution in [3.8, 4) is 0 Å². The fraction of sp³-hybridized carbons (Fsp3) is 0.208. The molecule has 172 valence electrons. The van der Waals surface area contributed by atoms with Crippen LogP contribution in [0.5, 0.6) is 0 Å². The molecule has 9 heteroatoms. The molecule has 3 aromatic rings. The first-order chi connectivity index (χ1) is 15.7. The van der Waals surface area contributed by atoms with E-state index in [0.29, 0.717) is 6.42 Å². The molecule has 0 unspecified atom stereocenters. The molecule has 0 aromatic heterocycles. The molecule has 1 aliphatic heterocycles. The molecule has 1 amide bonds. The highest BCUT2D eigenvalue weighted by Crippen LogP contribution is 2.35. The van der Waals surface area contributed by atoms with E-state index < -0.39 is 10.0 Å². The van der Waals surface area contributed by atoms with Crippen LogP contribution in [0.2, 0.25) is 10.0 Å². The minimum Gasteiger partial charge on any atom is -0.308 e. The van der Waals surface area contributed by atoms with Crippen molar-refractivity contribution in [3.05, 3.63) is 92.4 Å². The summed E-state index contributed by atoms with van der Waals surface area (Å²) < 4.78 is 29.4. The number of anilines is 1. The Morgan fingerprint density at radius 2 is 1.82 bits per heavy atom. The first-order valence-electron chi connectivity index (χ1n) is 10.3. The molecule has 33 heavy (non-hydrogen) atoms. The van der Waals surface area contributed by atoms with E-state index >= 15 is 0 Å². The molecule has 1 aliphatic rings. The topological polar surface area (TPSA) is 57.7 Å². The number of carbonyl (C=O) groups is 1. The Labute approximate surface area is 212 Å². The second-order valence-electron chi connectivity index (χ2n) is 7.92. The molecule has 0 bridgehead atoms. The predicted octanol–water partition coefficient (Wildman–Crippen LogP) is 5.92. The van der Waals surface area contributed by atoms with Gasteiger partial charge < -0.3 is 4.90 Å². The number of hydrogen-bond acceptors (Lipinski definition) is 3. The van der Waals surface area contributed by atoms with E-state index in [1.165, 1.54) is 18.2 Å². The number of nitrogens with zero attached hydrogens (tertiary/aromatic N) is 2. The maximum Gasteiger partial charge on any atom is 0.245 e. The van der Waals surface area contributed by atoms with Crippen LogP contribution in [0, 0.1) is 0 Å². The van der Waals surface area contributed by atoms with Crippen LogP contribution in [0.3, 0.4) is 0 Å². The number of carbonyl (C=O) groups excluding carboxylic acids is 1. The van der Waals surface area contributed by atoms with Crippen LogP contribution in [-0.4, -0.2) is 31.2 Å². The highest BCUT2D eigenvalue weighted by Gasteiger charge is 2.35. The van der Waals surface area contributed by atoms with E-state index in [4.69, 9.17) is 23.2 Å². The lowest BCUT2D eigenvalue weighted by molar-refractivity contribution is -0.119. The molecular formula is C24H21BrCl2N2O3S. The summed E-state index contributed by atoms with van der Waals surface area (Å²) in [5.74, 6) is -0.304. The molecule has 1 heterocycles. The highest BCUT2D eigenvalue weighted by molar-refractivity contribution is 9.10. The third-order valence-electron chi connectivity index (χ3n) is 5.55. The summed E-state index contributed by atoms with van der Waals surface area (Å²) in [5.41, 5.74) is 2.60. The minimum absolute atomic E-state index is 0.0210. The van der Waals surface area contributed by atoms with Crippen molar-refractivity contribution < 1.29 is 13.2 Å². The molecule has 0 spiro atoms. The second-order valence-corrected chi connectivity index (χ2v) is 11.6. The van der Waals surface area contributed by atoms with Crippen LogP contribution in [0.25, 0.3) is 0 Å². The highest BCUT2D eigenvalue weighted by atomic mass is 79.9. The Morgan fingerprint density at radius 1 is 1.09 bits per heavy atom. The van der Waals surface area contributed by atoms with Crippen molar-refractivity contribution >= 4 is 60.7 Å². The Balaban J connectivity index is 1.70. The van der Waals surface area contributed by atoms with Gasteiger partial charge in [0.25, 0.3) is 0 Å². The van der Waals surface area contributed by atoms with Gasteiger partial charge in [-0.2, -0.15) is 4.31 Å². The quantitative estimate of drug-likeness (QED) is 0.371. The average molecular weight is 568 g/mol. The van der Waals surface area contributed by atoms with Crippen molar-refractivity contribution in [3.63, 3.8) is 0 Å². The monoisotopic (exact) mass is 566 g/mol. The smallest absolute Gasteiger partial charge is 0.245 e. The third-order valence-corrected chi connectivity index (χ3v) is 8.55. The lowest BCUT2D eigenvalue weighted by Crippen LogP contribution is -2.44. The van der Waals surface area contributed by atoms with Crippen LogP contribution in [0.1, 0.15) is 18.1 Å². The van der Waals surface area contributed by atoms with Gasteiger partial charge in [-0.25, -0.2) is 8.42 Å². The molecule has 0 radical (unpaired) electrons. The lowest BCUT2D eigenvalue weighted by atomic mass is 10.1. The van der Waals surface area contributed by atoms with Crippen LogP contribution >= 0.6 is 39.1 Å². The molecule has 0 N–H and O–H groups in total. The van der Waals surface area contributed by atoms with Gasteiger partial charge in [0.2, 0.25) is 15.9 Å². The van der Waals surface area contributed by atoms with Crippen molar-refractivity contribution in [2.24, 2.45) is 0 Å². The van der Waals surface area contributed by atoms with E-state index in [2.05, 4.69) is 15.9 Å². The summed E-state index contributed by atoms with van der Waals surface area (Å²) in [5, 5.41) is 0.297. The molecule has 0 aliphatic carbocycles. The zero-order chi connectivity index (χ0) is 23.8. The summed E-state index contributed by atoms with van der Waals surface area (Å²) in [6.45, 7) is 1.64. The summed E-state index contributed by atoms with van der Waals surface area (Å²) in [6.07, 6.45) is 0.700. The molecular weight excluding hydrogens is 547 g/mol. The number of halogens is 3. The third kappa shape index (κ3) is 5.12. The van der Waals surface area contributed by atoms with Gasteiger partial charge in [-0.1, -0.05) is 69.5 Å². The fourth-order valence-corrected chi connectivity index (χ4v) is 6.56. The normalized spacial score (nSPS) is 15.7. The number of sulfonamides is 1. The van der Waals surface area contributed by atoms with Gasteiger partial charge in [-0.15, -0.1) is 0 Å². The zero-order valence-corrected chi connectivity index (χ0v) is 21.6. The van der Waals surface area contributed by atoms with E-state index in [1.807, 2.05) is 55.5 Å². The number of fused-ring (bicyclic) bond motifs is 1. The maximum absolute atomic E-state index is 13.6. The molecule has 0 fully saturated rings.